The summed E-state index contributed by atoms with van der Waals surface area (Å²) >= 11 is 0. The van der Waals surface area contributed by atoms with Crippen molar-refractivity contribution in [3.63, 3.8) is 0 Å². The number of esters is 3. The summed E-state index contributed by atoms with van der Waals surface area (Å²) in [5.74, 6) is -4.92. The smallest absolute Gasteiger partial charge is 0.306 e. The van der Waals surface area contributed by atoms with Crippen molar-refractivity contribution in [3.05, 3.63) is 23.3 Å². The van der Waals surface area contributed by atoms with Gasteiger partial charge in [0.1, 0.15) is 11.7 Å². The number of hydrogen-bond acceptors (Lipinski definition) is 10. The molecule has 1 unspecified atom stereocenters. The van der Waals surface area contributed by atoms with Gasteiger partial charge in [-0.05, 0) is 30.9 Å². The molecule has 41 heavy (non-hydrogen) atoms. The number of hydrogen-bond donors (Lipinski definition) is 3. The fraction of sp³-hybridized carbons (Fsp3) is 0.742. The Hall–Kier alpha value is -2.56. The summed E-state index contributed by atoms with van der Waals surface area (Å²) < 4.78 is 16.8. The van der Waals surface area contributed by atoms with Crippen molar-refractivity contribution in [2.24, 2.45) is 29.1 Å². The maximum atomic E-state index is 13.2. The number of carbonyl (C=O) groups excluding carboxylic acids is 4. The lowest BCUT2D eigenvalue weighted by Crippen LogP contribution is -2.66. The Morgan fingerprint density at radius 2 is 1.63 bits per heavy atom. The minimum Gasteiger partial charge on any atom is -0.469 e. The van der Waals surface area contributed by atoms with Crippen LogP contribution in [-0.2, 0) is 33.4 Å². The van der Waals surface area contributed by atoms with Crippen LogP contribution in [0.2, 0.25) is 0 Å². The van der Waals surface area contributed by atoms with E-state index in [1.165, 1.54) is 14.0 Å². The highest BCUT2D eigenvalue weighted by molar-refractivity contribution is 6.04. The predicted octanol–water partition coefficient (Wildman–Crippen LogP) is 2.57. The molecule has 0 radical (unpaired) electrons. The second-order valence-corrected chi connectivity index (χ2v) is 12.9. The molecule has 0 aromatic rings. The zero-order chi connectivity index (χ0) is 30.5. The first-order valence-electron chi connectivity index (χ1n) is 14.6. The molecular weight excluding hydrogens is 532 g/mol. The van der Waals surface area contributed by atoms with Crippen LogP contribution in [0.25, 0.3) is 0 Å². The lowest BCUT2D eigenvalue weighted by Gasteiger charge is -2.53. The van der Waals surface area contributed by atoms with Crippen molar-refractivity contribution in [3.8, 4) is 0 Å². The second-order valence-electron chi connectivity index (χ2n) is 12.9. The second kappa shape index (κ2) is 10.9. The molecule has 10 heteroatoms. The van der Waals surface area contributed by atoms with Gasteiger partial charge in [0.05, 0.1) is 19.3 Å². The van der Waals surface area contributed by atoms with Crippen LogP contribution in [0.5, 0.6) is 0 Å². The van der Waals surface area contributed by atoms with Gasteiger partial charge in [-0.2, -0.15) is 0 Å². The van der Waals surface area contributed by atoms with Gasteiger partial charge in [-0.3, -0.25) is 19.2 Å². The molecule has 0 bridgehead atoms. The van der Waals surface area contributed by atoms with Crippen LogP contribution in [0.3, 0.4) is 0 Å². The monoisotopic (exact) mass is 576 g/mol. The van der Waals surface area contributed by atoms with Crippen molar-refractivity contribution in [1.29, 1.82) is 0 Å². The van der Waals surface area contributed by atoms with Gasteiger partial charge in [0.15, 0.2) is 11.4 Å². The number of carbonyl (C=O) groups is 4. The fourth-order valence-electron chi connectivity index (χ4n) is 8.26. The van der Waals surface area contributed by atoms with Crippen molar-refractivity contribution < 1.29 is 48.7 Å². The molecule has 0 aromatic carbocycles. The number of methoxy groups -OCH3 is 1. The number of fused-ring (bicyclic) bond motifs is 5. The van der Waals surface area contributed by atoms with Crippen molar-refractivity contribution in [2.45, 2.75) is 102 Å². The van der Waals surface area contributed by atoms with Gasteiger partial charge in [0, 0.05) is 55.3 Å². The lowest BCUT2D eigenvalue weighted by atomic mass is 9.59. The number of ketones is 1. The number of aliphatic hydroxyl groups excluding tert-OH is 1. The quantitative estimate of drug-likeness (QED) is 0.153. The summed E-state index contributed by atoms with van der Waals surface area (Å²) in [5, 5.41) is 34.6. The first kappa shape index (κ1) is 31.4. The van der Waals surface area contributed by atoms with Crippen LogP contribution in [0.1, 0.15) is 79.6 Å². The maximum absolute atomic E-state index is 13.2. The maximum Gasteiger partial charge on any atom is 0.306 e. The molecule has 2 saturated carbocycles. The molecule has 8 atom stereocenters. The SMILES string of the molecule is COC(=O)CCCCCCC(=O)O[C@@H]1[C@@H](C)[C@@]2(O)[C@@H](C=C(CO)C[C@]3(O)C(=O)C(C)=C[C@@H]23)C2C(C)(C)[C@@]21OC(C)=O. The van der Waals surface area contributed by atoms with Crippen LogP contribution >= 0.6 is 0 Å². The van der Waals surface area contributed by atoms with E-state index in [0.717, 1.165) is 6.42 Å². The third-order valence-electron chi connectivity index (χ3n) is 10.3. The third-order valence-corrected chi connectivity index (χ3v) is 10.3. The van der Waals surface area contributed by atoms with E-state index in [9.17, 15) is 34.5 Å². The largest absolute Gasteiger partial charge is 0.469 e. The number of rotatable bonds is 10. The molecule has 4 aliphatic rings. The summed E-state index contributed by atoms with van der Waals surface area (Å²) in [6.45, 7) is 7.97. The Morgan fingerprint density at radius 3 is 2.20 bits per heavy atom. The first-order valence-corrected chi connectivity index (χ1v) is 14.6. The predicted molar refractivity (Wildman–Crippen MR) is 146 cm³/mol. The van der Waals surface area contributed by atoms with Gasteiger partial charge >= 0.3 is 17.9 Å². The summed E-state index contributed by atoms with van der Waals surface area (Å²) in [5.41, 5.74) is -4.95. The lowest BCUT2D eigenvalue weighted by molar-refractivity contribution is -0.228. The van der Waals surface area contributed by atoms with Crippen LogP contribution in [0.15, 0.2) is 23.3 Å². The summed E-state index contributed by atoms with van der Waals surface area (Å²) in [6.07, 6.45) is 5.20. The van der Waals surface area contributed by atoms with E-state index in [4.69, 9.17) is 9.47 Å². The summed E-state index contributed by atoms with van der Waals surface area (Å²) in [4.78, 5) is 50.2. The normalized spacial score (nSPS) is 38.4. The van der Waals surface area contributed by atoms with Gasteiger partial charge < -0.3 is 29.5 Å². The molecule has 228 valence electrons. The highest BCUT2D eigenvalue weighted by Crippen LogP contribution is 2.77. The first-order chi connectivity index (χ1) is 19.1. The molecule has 0 aliphatic heterocycles. The molecule has 0 saturated heterocycles. The van der Waals surface area contributed by atoms with E-state index in [0.29, 0.717) is 36.8 Å². The molecule has 0 heterocycles. The Kier molecular flexibility index (Phi) is 8.37. The molecular formula is C31H44O10. The number of Topliss-reactive ketones (excluding diaryl/α,β-unsaturated/α-hetero) is 1. The molecule has 0 aromatic heterocycles. The zero-order valence-electron chi connectivity index (χ0n) is 24.9. The van der Waals surface area contributed by atoms with E-state index in [2.05, 4.69) is 4.74 Å². The molecule has 4 aliphatic carbocycles. The van der Waals surface area contributed by atoms with Crippen LogP contribution in [-0.4, -0.2) is 75.6 Å². The number of ether oxygens (including phenoxy) is 3. The standard InChI is InChI=1S/C31H44O10/c1-17-13-22-29(37,26(17)36)15-20(16-32)14-21-25-28(4,5)31(25,41-19(3)33)27(18(2)30(21,22)38)40-24(35)12-10-8-7-9-11-23(34)39-6/h13-14,18,21-22,25,27,32,37-38H,7-12,15-16H2,1-6H3/t18-,21+,22-,25?,27-,29-,30-,31-/m1/s1. The number of unbranched alkanes of at least 4 members (excludes halogenated alkanes) is 3. The van der Waals surface area contributed by atoms with Gasteiger partial charge in [-0.15, -0.1) is 0 Å². The molecule has 3 N–H and O–H groups in total. The molecule has 4 rings (SSSR count). The van der Waals surface area contributed by atoms with E-state index < -0.39 is 76.3 Å². The van der Waals surface area contributed by atoms with Gasteiger partial charge in [-0.1, -0.05) is 45.8 Å². The van der Waals surface area contributed by atoms with Crippen LogP contribution < -0.4 is 0 Å². The molecule has 0 spiro atoms. The zero-order valence-corrected chi connectivity index (χ0v) is 24.9. The topological polar surface area (TPSA) is 157 Å². The highest BCUT2D eigenvalue weighted by Gasteiger charge is 2.87. The molecule has 2 fully saturated rings. The Balaban J connectivity index is 1.66. The Morgan fingerprint density at radius 1 is 1.02 bits per heavy atom. The van der Waals surface area contributed by atoms with Gasteiger partial charge in [0.2, 0.25) is 0 Å². The molecule has 0 amide bonds. The average molecular weight is 577 g/mol. The minimum absolute atomic E-state index is 0.101. The van der Waals surface area contributed by atoms with E-state index >= 15 is 0 Å². The van der Waals surface area contributed by atoms with Crippen molar-refractivity contribution in [2.75, 3.05) is 13.7 Å². The van der Waals surface area contributed by atoms with E-state index in [1.54, 1.807) is 26.0 Å². The average Bonchev–Trinajstić information content (AvgIpc) is 3.33. The van der Waals surface area contributed by atoms with E-state index in [-0.39, 0.29) is 18.8 Å². The van der Waals surface area contributed by atoms with Crippen molar-refractivity contribution in [1.82, 2.24) is 0 Å². The Bertz CT molecular complexity index is 1170. The Labute approximate surface area is 241 Å². The number of aliphatic hydroxyl groups is 3. The summed E-state index contributed by atoms with van der Waals surface area (Å²) in [6, 6.07) is 0. The van der Waals surface area contributed by atoms with Crippen LogP contribution in [0.4, 0.5) is 0 Å². The molecule has 10 nitrogen and oxygen atoms in total. The van der Waals surface area contributed by atoms with Gasteiger partial charge in [-0.25, -0.2) is 0 Å². The van der Waals surface area contributed by atoms with Gasteiger partial charge in [0.25, 0.3) is 0 Å². The van der Waals surface area contributed by atoms with Crippen LogP contribution in [0, 0.1) is 29.1 Å². The van der Waals surface area contributed by atoms with E-state index in [1.807, 2.05) is 13.8 Å². The third kappa shape index (κ3) is 4.76. The highest BCUT2D eigenvalue weighted by atomic mass is 16.6. The summed E-state index contributed by atoms with van der Waals surface area (Å²) in [7, 11) is 1.34. The fourth-order valence-corrected chi connectivity index (χ4v) is 8.26. The minimum atomic E-state index is -1.96. The van der Waals surface area contributed by atoms with Crippen molar-refractivity contribution >= 4 is 23.7 Å².